The molecule has 2 N–H and O–H groups in total. The zero-order valence-electron chi connectivity index (χ0n) is 4.85. The quantitative estimate of drug-likeness (QED) is 0.484. The molecule has 1 aliphatic rings. The molecule has 1 nitrogen and oxygen atoms in total. The highest BCUT2D eigenvalue weighted by molar-refractivity contribution is 4.75. The zero-order chi connectivity index (χ0) is 5.28. The Hall–Kier alpha value is -0.0400. The molecule has 1 aliphatic carbocycles. The molecule has 0 radical (unpaired) electrons. The van der Waals surface area contributed by atoms with Gasteiger partial charge in [0.15, 0.2) is 0 Å². The topological polar surface area (TPSA) is 26.0 Å². The van der Waals surface area contributed by atoms with E-state index in [1.54, 1.807) is 0 Å². The van der Waals surface area contributed by atoms with Crippen molar-refractivity contribution in [3.05, 3.63) is 0 Å². The molecule has 1 fully saturated rings. The zero-order valence-corrected chi connectivity index (χ0v) is 4.85. The molecule has 0 amide bonds. The fraction of sp³-hybridized carbons (Fsp3) is 1.00. The Labute approximate surface area is 44.9 Å². The van der Waals surface area contributed by atoms with Crippen molar-refractivity contribution in [2.75, 3.05) is 0 Å². The Kier molecular flexibility index (Phi) is 1.33. The second kappa shape index (κ2) is 1.83. The lowest BCUT2D eigenvalue weighted by Crippen LogP contribution is -2.21. The number of hydrogen-bond donors (Lipinski definition) is 1. The predicted octanol–water partition coefficient (Wildman–Crippen LogP) is 1.13. The van der Waals surface area contributed by atoms with E-state index in [0.717, 1.165) is 5.92 Å². The van der Waals surface area contributed by atoms with Crippen LogP contribution in [-0.4, -0.2) is 6.04 Å². The average molecular weight is 99.2 g/mol. The van der Waals surface area contributed by atoms with E-state index in [2.05, 4.69) is 6.92 Å². The minimum atomic E-state index is 0.514. The first kappa shape index (κ1) is 5.10. The summed E-state index contributed by atoms with van der Waals surface area (Å²) in [5.41, 5.74) is 5.68. The number of hydrogen-bond acceptors (Lipinski definition) is 1. The molecule has 0 aromatic carbocycles. The molecular weight excluding hydrogens is 86.1 g/mol. The molecule has 1 rings (SSSR count). The van der Waals surface area contributed by atoms with Crippen LogP contribution in [0.3, 0.4) is 0 Å². The summed E-state index contributed by atoms with van der Waals surface area (Å²) in [6.07, 6.45) is 3.95. The van der Waals surface area contributed by atoms with Crippen LogP contribution in [-0.2, 0) is 0 Å². The molecule has 0 saturated heterocycles. The first-order chi connectivity index (χ1) is 3.30. The number of rotatable bonds is 0. The first-order valence-electron chi connectivity index (χ1n) is 3.06. The molecule has 2 atom stereocenters. The molecule has 0 aromatic rings. The second-order valence-corrected chi connectivity index (χ2v) is 2.57. The molecular formula is C6H13N. The van der Waals surface area contributed by atoms with Crippen LogP contribution in [0, 0.1) is 5.92 Å². The van der Waals surface area contributed by atoms with Crippen LogP contribution in [0.5, 0.6) is 0 Å². The third-order valence-electron chi connectivity index (χ3n) is 1.93. The van der Waals surface area contributed by atoms with Crippen LogP contribution in [0.15, 0.2) is 0 Å². The maximum absolute atomic E-state index is 5.68. The smallest absolute Gasteiger partial charge is 0.00645 e. The fourth-order valence-corrected chi connectivity index (χ4v) is 1.17. The minimum Gasteiger partial charge on any atom is -0.327 e. The Balaban J connectivity index is 2.33. The van der Waals surface area contributed by atoms with Crippen LogP contribution < -0.4 is 5.73 Å². The highest BCUT2D eigenvalue weighted by Crippen LogP contribution is 2.22. The third-order valence-corrected chi connectivity index (χ3v) is 1.93. The SMILES string of the molecule is CC1CCCC1N. The van der Waals surface area contributed by atoms with Crippen LogP contribution in [0.1, 0.15) is 26.2 Å². The summed E-state index contributed by atoms with van der Waals surface area (Å²) in [7, 11) is 0. The van der Waals surface area contributed by atoms with Crippen molar-refractivity contribution in [2.45, 2.75) is 32.2 Å². The van der Waals surface area contributed by atoms with Crippen LogP contribution in [0.2, 0.25) is 0 Å². The first-order valence-corrected chi connectivity index (χ1v) is 3.06. The average Bonchev–Trinajstić information content (AvgIpc) is 1.91. The highest BCUT2D eigenvalue weighted by Gasteiger charge is 2.18. The normalized spacial score (nSPS) is 42.0. The summed E-state index contributed by atoms with van der Waals surface area (Å²) in [4.78, 5) is 0. The van der Waals surface area contributed by atoms with Gasteiger partial charge in [-0.05, 0) is 18.8 Å². The van der Waals surface area contributed by atoms with Gasteiger partial charge in [0, 0.05) is 6.04 Å². The van der Waals surface area contributed by atoms with E-state index in [0.29, 0.717) is 6.04 Å². The molecule has 0 aliphatic heterocycles. The summed E-state index contributed by atoms with van der Waals surface area (Å²) < 4.78 is 0. The van der Waals surface area contributed by atoms with Crippen LogP contribution in [0.4, 0.5) is 0 Å². The van der Waals surface area contributed by atoms with Gasteiger partial charge in [0.25, 0.3) is 0 Å². The van der Waals surface area contributed by atoms with Gasteiger partial charge in [0.1, 0.15) is 0 Å². The third kappa shape index (κ3) is 0.942. The van der Waals surface area contributed by atoms with E-state index in [1.807, 2.05) is 0 Å². The summed E-state index contributed by atoms with van der Waals surface area (Å²) in [5.74, 6) is 0.792. The van der Waals surface area contributed by atoms with Crippen molar-refractivity contribution in [3.8, 4) is 0 Å². The molecule has 0 aromatic heterocycles. The van der Waals surface area contributed by atoms with Crippen molar-refractivity contribution in [3.63, 3.8) is 0 Å². The largest absolute Gasteiger partial charge is 0.327 e. The van der Waals surface area contributed by atoms with E-state index < -0.39 is 0 Å². The van der Waals surface area contributed by atoms with Gasteiger partial charge in [-0.2, -0.15) is 0 Å². The molecule has 7 heavy (non-hydrogen) atoms. The predicted molar refractivity (Wildman–Crippen MR) is 31.0 cm³/mol. The molecule has 0 bridgehead atoms. The van der Waals surface area contributed by atoms with Gasteiger partial charge in [0.05, 0.1) is 0 Å². The molecule has 42 valence electrons. The minimum absolute atomic E-state index is 0.514. The highest BCUT2D eigenvalue weighted by atomic mass is 14.7. The molecule has 1 heteroatoms. The monoisotopic (exact) mass is 99.1 g/mol. The van der Waals surface area contributed by atoms with Gasteiger partial charge >= 0.3 is 0 Å². The van der Waals surface area contributed by atoms with Gasteiger partial charge in [-0.1, -0.05) is 13.3 Å². The maximum Gasteiger partial charge on any atom is 0.00645 e. The Bertz CT molecular complexity index is 53.2. The van der Waals surface area contributed by atoms with Crippen molar-refractivity contribution < 1.29 is 0 Å². The summed E-state index contributed by atoms with van der Waals surface area (Å²) in [6, 6.07) is 0.514. The van der Waals surface area contributed by atoms with Crippen molar-refractivity contribution in [2.24, 2.45) is 11.7 Å². The Morgan fingerprint density at radius 2 is 2.14 bits per heavy atom. The summed E-state index contributed by atoms with van der Waals surface area (Å²) in [6.45, 7) is 2.23. The van der Waals surface area contributed by atoms with Crippen LogP contribution in [0.25, 0.3) is 0 Å². The van der Waals surface area contributed by atoms with E-state index in [4.69, 9.17) is 5.73 Å². The fourth-order valence-electron chi connectivity index (χ4n) is 1.17. The molecule has 2 unspecified atom stereocenters. The van der Waals surface area contributed by atoms with Crippen molar-refractivity contribution >= 4 is 0 Å². The second-order valence-electron chi connectivity index (χ2n) is 2.57. The van der Waals surface area contributed by atoms with Crippen molar-refractivity contribution in [1.82, 2.24) is 0 Å². The molecule has 0 heterocycles. The van der Waals surface area contributed by atoms with Gasteiger partial charge in [-0.15, -0.1) is 0 Å². The van der Waals surface area contributed by atoms with Crippen LogP contribution >= 0.6 is 0 Å². The lowest BCUT2D eigenvalue weighted by atomic mass is 10.1. The Morgan fingerprint density at radius 1 is 1.43 bits per heavy atom. The van der Waals surface area contributed by atoms with Gasteiger partial charge in [0.2, 0.25) is 0 Å². The van der Waals surface area contributed by atoms with Gasteiger partial charge in [-0.3, -0.25) is 0 Å². The van der Waals surface area contributed by atoms with E-state index in [-0.39, 0.29) is 0 Å². The lowest BCUT2D eigenvalue weighted by Gasteiger charge is -2.05. The standard InChI is InChI=1S/C6H13N/c1-5-3-2-4-6(5)7/h5-6H,2-4,7H2,1H3. The Morgan fingerprint density at radius 3 is 2.29 bits per heavy atom. The summed E-state index contributed by atoms with van der Waals surface area (Å²) >= 11 is 0. The van der Waals surface area contributed by atoms with Crippen molar-refractivity contribution in [1.29, 1.82) is 0 Å². The molecule has 0 spiro atoms. The molecule has 1 saturated carbocycles. The summed E-state index contributed by atoms with van der Waals surface area (Å²) in [5, 5.41) is 0. The van der Waals surface area contributed by atoms with E-state index in [9.17, 15) is 0 Å². The van der Waals surface area contributed by atoms with Gasteiger partial charge < -0.3 is 5.73 Å². The van der Waals surface area contributed by atoms with E-state index >= 15 is 0 Å². The van der Waals surface area contributed by atoms with E-state index in [1.165, 1.54) is 19.3 Å². The maximum atomic E-state index is 5.68. The lowest BCUT2D eigenvalue weighted by molar-refractivity contribution is 0.527. The number of nitrogens with two attached hydrogens (primary N) is 1. The van der Waals surface area contributed by atoms with Gasteiger partial charge in [-0.25, -0.2) is 0 Å².